The fourth-order valence-corrected chi connectivity index (χ4v) is 9.83. The van der Waals surface area contributed by atoms with Crippen LogP contribution in [0.25, 0.3) is 0 Å². The molecule has 2 saturated heterocycles. The molecule has 0 radical (unpaired) electrons. The minimum Gasteiger partial charge on any atom is -0.494 e. The second-order valence-electron chi connectivity index (χ2n) is 21.0. The highest BCUT2D eigenvalue weighted by molar-refractivity contribution is 6.04. The fourth-order valence-electron chi connectivity index (χ4n) is 9.83. The van der Waals surface area contributed by atoms with Gasteiger partial charge < -0.3 is 55.4 Å². The molecule has 2 amide bonds. The molecule has 6 aromatic carbocycles. The van der Waals surface area contributed by atoms with Gasteiger partial charge in [-0.3, -0.25) is 21.5 Å². The maximum absolute atomic E-state index is 12.1. The van der Waals surface area contributed by atoms with Crippen LogP contribution in [0.4, 0.5) is 9.59 Å². The predicted octanol–water partition coefficient (Wildman–Crippen LogP) is 10.9. The number of aliphatic imine (C=N–C) groups is 1. The van der Waals surface area contributed by atoms with Gasteiger partial charge in [0.25, 0.3) is 0 Å². The third-order valence-electron chi connectivity index (χ3n) is 14.7. The average molecular weight is 1140 g/mol. The van der Waals surface area contributed by atoms with Gasteiger partial charge in [-0.05, 0) is 210 Å². The van der Waals surface area contributed by atoms with Crippen molar-refractivity contribution in [1.29, 1.82) is 16.2 Å². The zero-order chi connectivity index (χ0) is 59.1. The first-order chi connectivity index (χ1) is 40.9. The van der Waals surface area contributed by atoms with Gasteiger partial charge in [0.15, 0.2) is 0 Å². The largest absolute Gasteiger partial charge is 0.494 e. The van der Waals surface area contributed by atoms with Gasteiger partial charge in [0.2, 0.25) is 0 Å². The molecule has 0 unspecified atom stereocenters. The second-order valence-corrected chi connectivity index (χ2v) is 21.0. The van der Waals surface area contributed by atoms with Crippen molar-refractivity contribution >= 4 is 35.5 Å². The number of nitrogen functional groups attached to an aromatic ring is 2. The quantitative estimate of drug-likeness (QED) is 0.0137. The number of nitrogens with one attached hydrogen (secondary N) is 4. The van der Waals surface area contributed by atoms with Crippen molar-refractivity contribution in [3.63, 3.8) is 0 Å². The number of rotatable bonds is 28. The summed E-state index contributed by atoms with van der Waals surface area (Å²) in [4.78, 5) is 33.0. The molecule has 84 heavy (non-hydrogen) atoms. The molecule has 0 spiro atoms. The van der Waals surface area contributed by atoms with Crippen molar-refractivity contribution < 1.29 is 38.0 Å². The number of hydrogen-bond donors (Lipinski definition) is 7. The first-order valence-electron chi connectivity index (χ1n) is 29.1. The monoisotopic (exact) mass is 1140 g/mol. The number of carbonyl (C=O) groups excluding carboxylic acids is 2. The molecule has 0 bridgehead atoms. The predicted molar refractivity (Wildman–Crippen MR) is 330 cm³/mol. The van der Waals surface area contributed by atoms with Gasteiger partial charge in [0.05, 0.1) is 26.4 Å². The summed E-state index contributed by atoms with van der Waals surface area (Å²) >= 11 is 0. The number of piperidine rings is 2. The molecular weight excluding hydrogens is 1060 g/mol. The highest BCUT2D eigenvalue weighted by atomic mass is 16.6. The average Bonchev–Trinajstić information content (AvgIpc) is 3.64. The van der Waals surface area contributed by atoms with Crippen LogP contribution < -0.4 is 41.5 Å². The third kappa shape index (κ3) is 22.9. The summed E-state index contributed by atoms with van der Waals surface area (Å²) in [6.45, 7) is 9.53. The molecule has 2 heterocycles. The van der Waals surface area contributed by atoms with E-state index in [1.807, 2.05) is 133 Å². The van der Waals surface area contributed by atoms with E-state index >= 15 is 0 Å². The van der Waals surface area contributed by atoms with E-state index in [1.54, 1.807) is 24.3 Å². The Bertz CT molecular complexity index is 2900. The van der Waals surface area contributed by atoms with Gasteiger partial charge in [-0.25, -0.2) is 9.59 Å². The number of amidine groups is 4. The van der Waals surface area contributed by atoms with Crippen LogP contribution in [0.2, 0.25) is 0 Å². The molecule has 18 nitrogen and oxygen atoms in total. The van der Waals surface area contributed by atoms with Crippen molar-refractivity contribution in [3.05, 3.63) is 191 Å². The Balaban J connectivity index is 0.000000270. The summed E-state index contributed by atoms with van der Waals surface area (Å²) in [7, 11) is 0. The molecule has 0 atom stereocenters. The first-order valence-corrected chi connectivity index (χ1v) is 29.1. The van der Waals surface area contributed by atoms with Crippen molar-refractivity contribution in [1.82, 2.24) is 15.1 Å². The first kappa shape index (κ1) is 62.9. The minimum atomic E-state index is -0.726. The molecule has 6 aromatic rings. The van der Waals surface area contributed by atoms with Crippen LogP contribution in [-0.2, 0) is 22.7 Å². The number of ether oxygens (including phenoxy) is 6. The van der Waals surface area contributed by atoms with E-state index in [1.165, 1.54) is 32.1 Å². The van der Waals surface area contributed by atoms with E-state index in [2.05, 4.69) is 20.1 Å². The molecule has 0 aromatic heterocycles. The molecule has 0 aliphatic carbocycles. The van der Waals surface area contributed by atoms with Gasteiger partial charge in [-0.15, -0.1) is 0 Å². The molecule has 444 valence electrons. The Morgan fingerprint density at radius 3 is 1.21 bits per heavy atom. The maximum atomic E-state index is 12.1. The maximum Gasteiger partial charge on any atom is 0.435 e. The molecule has 10 N–H and O–H groups in total. The molecule has 0 saturated carbocycles. The second kappa shape index (κ2) is 34.6. The van der Waals surface area contributed by atoms with Gasteiger partial charge >= 0.3 is 12.2 Å². The normalized spacial score (nSPS) is 14.0. The lowest BCUT2D eigenvalue weighted by molar-refractivity contribution is 0.145. The Labute approximate surface area is 494 Å². The van der Waals surface area contributed by atoms with Gasteiger partial charge in [-0.1, -0.05) is 60.7 Å². The molecule has 18 heteroatoms. The SMILES string of the molecule is N=C(N)c1ccc(OCCCC2CCN(CCCOc3ccc(C(=N)N)cc3)CC2)cc1.N=C(NC(=O)OCc1ccccc1)c1ccc(OCCCN2CCC(CCCOc3ccc(C(N)=NC(=O)OCc4ccccc4)cc3)CC2)cc1. The number of amides is 2. The molecular formula is C66H82N10O8. The summed E-state index contributed by atoms with van der Waals surface area (Å²) in [5.74, 6) is 4.86. The van der Waals surface area contributed by atoms with Gasteiger partial charge in [-0.2, -0.15) is 4.99 Å². The van der Waals surface area contributed by atoms with Crippen molar-refractivity contribution in [3.8, 4) is 23.0 Å². The van der Waals surface area contributed by atoms with E-state index in [9.17, 15) is 9.59 Å². The highest BCUT2D eigenvalue weighted by Gasteiger charge is 2.20. The van der Waals surface area contributed by atoms with Crippen LogP contribution >= 0.6 is 0 Å². The lowest BCUT2D eigenvalue weighted by Gasteiger charge is -2.32. The molecule has 8 rings (SSSR count). The number of hydrogen-bond acceptors (Lipinski definition) is 13. The van der Waals surface area contributed by atoms with Crippen molar-refractivity contribution in [2.24, 2.45) is 34.0 Å². The number of alkyl carbamates (subject to hydrolysis) is 1. The third-order valence-corrected chi connectivity index (χ3v) is 14.7. The standard InChI is InChI=1S/C41H47N5O6.C25H35N5O2/c42-38(44-40(47)51-29-32-9-3-1-4-10-32)34-14-18-36(19-15-34)49-27-7-13-31-22-25-46(26-23-31)24-8-28-50-37-20-16-35(17-21-37)39(43)45-41(48)52-30-33-11-5-2-6-12-33;26-24(27)20-4-8-22(9-5-20)31-17-1-3-19-12-15-30(16-13-19)14-2-18-32-23-10-6-21(7-11-23)25(28)29/h1-6,9-12,14-21,31H,7-8,13,22-30H2,(H2,42,44,47)(H2,43,45,48);4-11,19H,1-3,12-18H2,(H3,26,27)(H3,28,29). The Morgan fingerprint density at radius 1 is 0.464 bits per heavy atom. The summed E-state index contributed by atoms with van der Waals surface area (Å²) in [5, 5.41) is 25.5. The summed E-state index contributed by atoms with van der Waals surface area (Å²) in [6, 6.07) is 48.0. The molecule has 2 aliphatic heterocycles. The lowest BCUT2D eigenvalue weighted by Crippen LogP contribution is -2.35. The van der Waals surface area contributed by atoms with Crippen LogP contribution in [0.1, 0.15) is 97.6 Å². The fraction of sp³-hybridized carbons (Fsp3) is 0.364. The van der Waals surface area contributed by atoms with Crippen LogP contribution in [0.3, 0.4) is 0 Å². The number of nitrogens with zero attached hydrogens (tertiary/aromatic N) is 3. The summed E-state index contributed by atoms with van der Waals surface area (Å²) < 4.78 is 33.9. The van der Waals surface area contributed by atoms with E-state index in [0.717, 1.165) is 129 Å². The van der Waals surface area contributed by atoms with E-state index in [4.69, 9.17) is 61.9 Å². The number of carbonyl (C=O) groups is 2. The Morgan fingerprint density at radius 2 is 0.821 bits per heavy atom. The van der Waals surface area contributed by atoms with Crippen LogP contribution in [0.5, 0.6) is 23.0 Å². The zero-order valence-corrected chi connectivity index (χ0v) is 48.1. The van der Waals surface area contributed by atoms with E-state index in [0.29, 0.717) is 36.9 Å². The Kier molecular flexibility index (Phi) is 25.9. The summed E-state index contributed by atoms with van der Waals surface area (Å²) in [6.07, 6.45) is 9.82. The van der Waals surface area contributed by atoms with Crippen LogP contribution in [0, 0.1) is 28.1 Å². The highest BCUT2D eigenvalue weighted by Crippen LogP contribution is 2.25. The topological polar surface area (TPSA) is 270 Å². The zero-order valence-electron chi connectivity index (χ0n) is 48.1. The molecule has 2 fully saturated rings. The number of likely N-dealkylation sites (tertiary alicyclic amines) is 2. The van der Waals surface area contributed by atoms with Crippen LogP contribution in [0.15, 0.2) is 163 Å². The van der Waals surface area contributed by atoms with E-state index < -0.39 is 12.2 Å². The smallest absolute Gasteiger partial charge is 0.435 e. The Hall–Kier alpha value is -8.74. The number of benzene rings is 6. The number of nitrogens with two attached hydrogens (primary N) is 3. The molecule has 2 aliphatic rings. The van der Waals surface area contributed by atoms with Crippen LogP contribution in [-0.4, -0.2) is 111 Å². The van der Waals surface area contributed by atoms with Crippen molar-refractivity contribution in [2.45, 2.75) is 77.4 Å². The van der Waals surface area contributed by atoms with Gasteiger partial charge in [0, 0.05) is 35.3 Å². The van der Waals surface area contributed by atoms with Crippen molar-refractivity contribution in [2.75, 3.05) is 65.7 Å². The van der Waals surface area contributed by atoms with E-state index in [-0.39, 0.29) is 36.6 Å². The lowest BCUT2D eigenvalue weighted by atomic mass is 9.92. The minimum absolute atomic E-state index is 0.0271. The van der Waals surface area contributed by atoms with Gasteiger partial charge in [0.1, 0.15) is 59.6 Å². The summed E-state index contributed by atoms with van der Waals surface area (Å²) in [5.41, 5.74) is 21.4.